The van der Waals surface area contributed by atoms with E-state index in [1.807, 2.05) is 0 Å². The van der Waals surface area contributed by atoms with Crippen LogP contribution in [0.5, 0.6) is 5.75 Å². The third-order valence-electron chi connectivity index (χ3n) is 8.15. The number of aliphatic carboxylic acids is 1. The predicted octanol–water partition coefficient (Wildman–Crippen LogP) is 5.47. The Bertz CT molecular complexity index is 1360. The number of rotatable bonds is 6. The zero-order valence-electron chi connectivity index (χ0n) is 22.1. The molecule has 0 saturated heterocycles. The van der Waals surface area contributed by atoms with Gasteiger partial charge in [-0.2, -0.15) is 0 Å². The fourth-order valence-electron chi connectivity index (χ4n) is 6.11. The molecule has 2 aliphatic rings. The van der Waals surface area contributed by atoms with E-state index in [-0.39, 0.29) is 29.7 Å². The van der Waals surface area contributed by atoms with Gasteiger partial charge in [0.2, 0.25) is 0 Å². The molecule has 3 aromatic rings. The van der Waals surface area contributed by atoms with Crippen molar-refractivity contribution in [3.8, 4) is 5.75 Å². The molecular weight excluding hydrogens is 489 g/mol. The molecule has 8 nitrogen and oxygen atoms in total. The summed E-state index contributed by atoms with van der Waals surface area (Å²) in [5, 5.41) is 9.50. The number of hydrogen-bond donors (Lipinski definition) is 1. The number of methoxy groups -OCH3 is 2. The molecule has 0 spiro atoms. The van der Waals surface area contributed by atoms with Gasteiger partial charge in [-0.25, -0.2) is 14.2 Å². The maximum atomic E-state index is 14.0. The number of halogens is 1. The van der Waals surface area contributed by atoms with Gasteiger partial charge in [0.1, 0.15) is 5.82 Å². The molecule has 1 aromatic heterocycles. The fourth-order valence-corrected chi connectivity index (χ4v) is 6.11. The van der Waals surface area contributed by atoms with Crippen molar-refractivity contribution in [1.82, 2.24) is 14.5 Å². The predicted molar refractivity (Wildman–Crippen MR) is 140 cm³/mol. The van der Waals surface area contributed by atoms with Crippen LogP contribution in [0.3, 0.4) is 0 Å². The number of carbonyl (C=O) groups is 2. The number of nitrogens with zero attached hydrogens (tertiary/aromatic N) is 3. The number of carbonyl (C=O) groups excluding carboxylic acids is 1. The van der Waals surface area contributed by atoms with Crippen LogP contribution < -0.4 is 4.74 Å². The third kappa shape index (κ3) is 4.81. The summed E-state index contributed by atoms with van der Waals surface area (Å²) in [6.07, 6.45) is 3.80. The summed E-state index contributed by atoms with van der Waals surface area (Å²) in [6, 6.07) is 9.19. The number of hydrogen-bond acceptors (Lipinski definition) is 5. The summed E-state index contributed by atoms with van der Waals surface area (Å²) in [7, 11) is 2.85. The molecule has 0 radical (unpaired) electrons. The SMILES string of the molecule is COC(=O)N1CCc2ccc3c(nc(C4CCC(C(=O)O)CC4)n3[C@H](C)Cc3ccc(F)c(OC)c3)c2C1. The Morgan fingerprint density at radius 2 is 1.92 bits per heavy atom. The van der Waals surface area contributed by atoms with Gasteiger partial charge in [-0.15, -0.1) is 0 Å². The van der Waals surface area contributed by atoms with Crippen molar-refractivity contribution in [3.05, 3.63) is 58.7 Å². The summed E-state index contributed by atoms with van der Waals surface area (Å²) in [5.74, 6) is -0.126. The molecule has 1 atom stereocenters. The van der Waals surface area contributed by atoms with E-state index < -0.39 is 11.8 Å². The second kappa shape index (κ2) is 10.6. The summed E-state index contributed by atoms with van der Waals surface area (Å²) in [6.45, 7) is 3.16. The molecule has 2 heterocycles. The van der Waals surface area contributed by atoms with Crippen LogP contribution in [0.4, 0.5) is 9.18 Å². The lowest BCUT2D eigenvalue weighted by molar-refractivity contribution is -0.142. The van der Waals surface area contributed by atoms with Crippen LogP contribution in [0.1, 0.15) is 67.1 Å². The van der Waals surface area contributed by atoms with Crippen molar-refractivity contribution in [2.45, 2.75) is 64.0 Å². The second-order valence-corrected chi connectivity index (χ2v) is 10.5. The molecule has 202 valence electrons. The molecule has 1 N–H and O–H groups in total. The lowest BCUT2D eigenvalue weighted by atomic mass is 9.81. The van der Waals surface area contributed by atoms with Gasteiger partial charge in [-0.05, 0) is 74.8 Å². The van der Waals surface area contributed by atoms with Crippen molar-refractivity contribution in [2.24, 2.45) is 5.92 Å². The zero-order chi connectivity index (χ0) is 27.0. The van der Waals surface area contributed by atoms with E-state index in [0.29, 0.717) is 32.4 Å². The Balaban J connectivity index is 1.56. The first-order chi connectivity index (χ1) is 18.3. The first kappa shape index (κ1) is 26.0. The van der Waals surface area contributed by atoms with Crippen molar-refractivity contribution < 1.29 is 28.6 Å². The van der Waals surface area contributed by atoms with Gasteiger partial charge in [-0.3, -0.25) is 4.79 Å². The van der Waals surface area contributed by atoms with Gasteiger partial charge in [0.05, 0.1) is 37.7 Å². The molecule has 1 fully saturated rings. The average molecular weight is 524 g/mol. The van der Waals surface area contributed by atoms with E-state index >= 15 is 0 Å². The minimum absolute atomic E-state index is 0.000662. The highest BCUT2D eigenvalue weighted by atomic mass is 19.1. The smallest absolute Gasteiger partial charge is 0.409 e. The number of ether oxygens (including phenoxy) is 2. The van der Waals surface area contributed by atoms with Crippen LogP contribution in [0, 0.1) is 11.7 Å². The second-order valence-electron chi connectivity index (χ2n) is 10.5. The minimum Gasteiger partial charge on any atom is -0.494 e. The number of carboxylic acid groups (broad SMARTS) is 1. The number of fused-ring (bicyclic) bond motifs is 3. The maximum Gasteiger partial charge on any atom is 0.409 e. The largest absolute Gasteiger partial charge is 0.494 e. The number of imidazole rings is 1. The minimum atomic E-state index is -0.729. The normalized spacial score (nSPS) is 20.2. The summed E-state index contributed by atoms with van der Waals surface area (Å²) in [5.41, 5.74) is 5.05. The third-order valence-corrected chi connectivity index (χ3v) is 8.15. The Morgan fingerprint density at radius 3 is 2.61 bits per heavy atom. The quantitative estimate of drug-likeness (QED) is 0.461. The van der Waals surface area contributed by atoms with Crippen molar-refractivity contribution in [1.29, 1.82) is 0 Å². The maximum absolute atomic E-state index is 14.0. The molecule has 38 heavy (non-hydrogen) atoms. The molecule has 0 unspecified atom stereocenters. The molecule has 1 aliphatic carbocycles. The molecule has 5 rings (SSSR count). The molecular formula is C29H34FN3O5. The first-order valence-electron chi connectivity index (χ1n) is 13.2. The number of benzene rings is 2. The van der Waals surface area contributed by atoms with Crippen molar-refractivity contribution in [3.63, 3.8) is 0 Å². The topological polar surface area (TPSA) is 93.9 Å². The first-order valence-corrected chi connectivity index (χ1v) is 13.2. The van der Waals surface area contributed by atoms with Crippen LogP contribution >= 0.6 is 0 Å². The van der Waals surface area contributed by atoms with Gasteiger partial charge in [-0.1, -0.05) is 12.1 Å². The number of aromatic nitrogens is 2. The van der Waals surface area contributed by atoms with Gasteiger partial charge >= 0.3 is 12.1 Å². The van der Waals surface area contributed by atoms with E-state index in [2.05, 4.69) is 23.6 Å². The summed E-state index contributed by atoms with van der Waals surface area (Å²) in [4.78, 5) is 30.8. The Morgan fingerprint density at radius 1 is 1.16 bits per heavy atom. The molecule has 1 saturated carbocycles. The Labute approximate surface area is 221 Å². The molecule has 9 heteroatoms. The zero-order valence-corrected chi connectivity index (χ0v) is 22.1. The lowest BCUT2D eigenvalue weighted by Gasteiger charge is -2.28. The van der Waals surface area contributed by atoms with Crippen LogP contribution in [0.2, 0.25) is 0 Å². The fraction of sp³-hybridized carbons (Fsp3) is 0.483. The van der Waals surface area contributed by atoms with Crippen LogP contribution in [-0.2, 0) is 28.9 Å². The summed E-state index contributed by atoms with van der Waals surface area (Å²) >= 11 is 0. The summed E-state index contributed by atoms with van der Waals surface area (Å²) < 4.78 is 26.5. The standard InChI is InChI=1S/C29H34FN3O5/c1-17(14-18-4-10-23(30)25(15-18)37-2)33-24-11-9-19-12-13-32(29(36)38-3)16-22(19)26(24)31-27(33)20-5-7-21(8-6-20)28(34)35/h4,9-11,15,17,20-21H,5-8,12-14,16H2,1-3H3,(H,34,35)/t17-,20?,21?/m1/s1. The van der Waals surface area contributed by atoms with Crippen molar-refractivity contribution >= 4 is 23.1 Å². The van der Waals surface area contributed by atoms with Gasteiger partial charge in [0.15, 0.2) is 11.6 Å². The Kier molecular flexibility index (Phi) is 7.27. The van der Waals surface area contributed by atoms with Crippen LogP contribution in [-0.4, -0.2) is 52.4 Å². The van der Waals surface area contributed by atoms with E-state index in [4.69, 9.17) is 14.5 Å². The molecule has 1 amide bonds. The van der Waals surface area contributed by atoms with E-state index in [9.17, 15) is 19.1 Å². The molecule has 2 aromatic carbocycles. The lowest BCUT2D eigenvalue weighted by Crippen LogP contribution is -2.35. The van der Waals surface area contributed by atoms with Gasteiger partial charge < -0.3 is 24.0 Å². The number of carboxylic acids is 1. The highest BCUT2D eigenvalue weighted by Crippen LogP contribution is 2.40. The van der Waals surface area contributed by atoms with E-state index in [0.717, 1.165) is 47.2 Å². The Hall–Kier alpha value is -3.62. The highest BCUT2D eigenvalue weighted by Gasteiger charge is 2.32. The van der Waals surface area contributed by atoms with Gasteiger partial charge in [0.25, 0.3) is 0 Å². The van der Waals surface area contributed by atoms with Crippen LogP contribution in [0.15, 0.2) is 30.3 Å². The average Bonchev–Trinajstić information content (AvgIpc) is 3.33. The number of amides is 1. The van der Waals surface area contributed by atoms with E-state index in [1.165, 1.54) is 25.8 Å². The van der Waals surface area contributed by atoms with Crippen molar-refractivity contribution in [2.75, 3.05) is 20.8 Å². The monoisotopic (exact) mass is 523 g/mol. The van der Waals surface area contributed by atoms with E-state index in [1.54, 1.807) is 17.0 Å². The molecule has 0 bridgehead atoms. The van der Waals surface area contributed by atoms with Crippen LogP contribution in [0.25, 0.3) is 11.0 Å². The molecule has 1 aliphatic heterocycles. The van der Waals surface area contributed by atoms with Gasteiger partial charge in [0, 0.05) is 24.1 Å². The highest BCUT2D eigenvalue weighted by molar-refractivity contribution is 5.82.